The van der Waals surface area contributed by atoms with Gasteiger partial charge in [0.2, 0.25) is 0 Å². The maximum Gasteiger partial charge on any atom is 0.421 e. The number of aromatic nitrogens is 2. The highest BCUT2D eigenvalue weighted by atomic mass is 19.4. The molecule has 8 heteroatoms. The average molecular weight is 432 g/mol. The van der Waals surface area contributed by atoms with Crippen LogP contribution in [0.4, 0.5) is 13.2 Å². The van der Waals surface area contributed by atoms with Gasteiger partial charge >= 0.3 is 6.18 Å². The van der Waals surface area contributed by atoms with Crippen LogP contribution in [-0.2, 0) is 12.7 Å². The van der Waals surface area contributed by atoms with Crippen LogP contribution in [0.15, 0.2) is 53.3 Å². The molecule has 0 fully saturated rings. The van der Waals surface area contributed by atoms with Crippen LogP contribution in [-0.4, -0.2) is 27.6 Å². The molecule has 3 aromatic rings. The van der Waals surface area contributed by atoms with Crippen LogP contribution in [0.25, 0.3) is 11.3 Å². The molecule has 2 aromatic carbocycles. The van der Waals surface area contributed by atoms with Crippen LogP contribution in [0.1, 0.15) is 22.3 Å². The van der Waals surface area contributed by atoms with Crippen molar-refractivity contribution >= 4 is 0 Å². The minimum Gasteiger partial charge on any atom is -0.490 e. The quantitative estimate of drug-likeness (QED) is 0.631. The molecule has 0 bridgehead atoms. The zero-order chi connectivity index (χ0) is 22.8. The van der Waals surface area contributed by atoms with Crippen molar-refractivity contribution in [2.75, 3.05) is 6.61 Å². The monoisotopic (exact) mass is 432 g/mol. The first kappa shape index (κ1) is 22.6. The van der Waals surface area contributed by atoms with E-state index in [-0.39, 0.29) is 12.3 Å². The fourth-order valence-corrected chi connectivity index (χ4v) is 3.20. The Labute approximate surface area is 177 Å². The molecule has 1 heterocycles. The zero-order valence-electron chi connectivity index (χ0n) is 17.4. The van der Waals surface area contributed by atoms with E-state index in [0.717, 1.165) is 22.8 Å². The summed E-state index contributed by atoms with van der Waals surface area (Å²) < 4.78 is 46.7. The fourth-order valence-electron chi connectivity index (χ4n) is 3.20. The average Bonchev–Trinajstić information content (AvgIpc) is 2.72. The number of ether oxygens (including phenoxy) is 1. The van der Waals surface area contributed by atoms with E-state index < -0.39 is 29.9 Å². The first-order valence-electron chi connectivity index (χ1n) is 9.70. The normalized spacial score (nSPS) is 12.6. The number of aryl methyl sites for hydroxylation is 2. The molecular formula is C23H23F3N2O3. The van der Waals surface area contributed by atoms with Gasteiger partial charge in [-0.15, -0.1) is 0 Å². The van der Waals surface area contributed by atoms with Gasteiger partial charge in [0.25, 0.3) is 5.56 Å². The number of aliphatic hydroxyl groups is 1. The minimum atomic E-state index is -4.84. The summed E-state index contributed by atoms with van der Waals surface area (Å²) in [5.74, 6) is 0.605. The van der Waals surface area contributed by atoms with Crippen molar-refractivity contribution in [2.45, 2.75) is 39.6 Å². The van der Waals surface area contributed by atoms with E-state index in [1.807, 2.05) is 32.9 Å². The van der Waals surface area contributed by atoms with E-state index >= 15 is 0 Å². The Balaban J connectivity index is 1.88. The van der Waals surface area contributed by atoms with Gasteiger partial charge in [-0.2, -0.15) is 18.3 Å². The summed E-state index contributed by atoms with van der Waals surface area (Å²) in [5, 5.41) is 14.4. The Morgan fingerprint density at radius 1 is 1.06 bits per heavy atom. The molecule has 0 aliphatic heterocycles. The van der Waals surface area contributed by atoms with Gasteiger partial charge in [-0.1, -0.05) is 42.5 Å². The van der Waals surface area contributed by atoms with E-state index in [1.165, 1.54) is 0 Å². The van der Waals surface area contributed by atoms with E-state index in [9.17, 15) is 23.1 Å². The lowest BCUT2D eigenvalue weighted by atomic mass is 10.1. The van der Waals surface area contributed by atoms with Crippen LogP contribution in [0, 0.1) is 20.8 Å². The van der Waals surface area contributed by atoms with Crippen molar-refractivity contribution in [2.24, 2.45) is 0 Å². The first-order valence-corrected chi connectivity index (χ1v) is 9.70. The van der Waals surface area contributed by atoms with Gasteiger partial charge in [-0.05, 0) is 43.5 Å². The second-order valence-electron chi connectivity index (χ2n) is 7.41. The van der Waals surface area contributed by atoms with Crippen molar-refractivity contribution in [1.29, 1.82) is 0 Å². The second-order valence-corrected chi connectivity index (χ2v) is 7.41. The minimum absolute atomic E-state index is 0.00832. The molecule has 0 aliphatic rings. The number of benzene rings is 2. The smallest absolute Gasteiger partial charge is 0.421 e. The summed E-state index contributed by atoms with van der Waals surface area (Å²) in [6.07, 6.45) is -6.08. The molecule has 0 spiro atoms. The largest absolute Gasteiger partial charge is 0.490 e. The topological polar surface area (TPSA) is 64.3 Å². The van der Waals surface area contributed by atoms with Crippen molar-refractivity contribution in [1.82, 2.24) is 9.78 Å². The van der Waals surface area contributed by atoms with Crippen molar-refractivity contribution in [3.05, 3.63) is 81.1 Å². The molecule has 1 atom stereocenters. The molecule has 0 unspecified atom stereocenters. The molecule has 0 saturated heterocycles. The highest BCUT2D eigenvalue weighted by Crippen LogP contribution is 2.29. The molecule has 1 aromatic heterocycles. The summed E-state index contributed by atoms with van der Waals surface area (Å²) in [5.41, 5.74) is 0.570. The number of hydrogen-bond donors (Lipinski definition) is 1. The molecule has 31 heavy (non-hydrogen) atoms. The molecule has 0 saturated carbocycles. The van der Waals surface area contributed by atoms with Gasteiger partial charge in [0.1, 0.15) is 24.0 Å². The van der Waals surface area contributed by atoms with Crippen LogP contribution in [0.3, 0.4) is 0 Å². The summed E-state index contributed by atoms with van der Waals surface area (Å²) in [7, 11) is 0. The molecule has 164 valence electrons. The Morgan fingerprint density at radius 3 is 2.35 bits per heavy atom. The number of rotatable bonds is 6. The third kappa shape index (κ3) is 5.14. The Hall–Kier alpha value is -3.13. The van der Waals surface area contributed by atoms with Crippen LogP contribution in [0.5, 0.6) is 5.75 Å². The molecule has 0 amide bonds. The summed E-state index contributed by atoms with van der Waals surface area (Å²) in [6, 6.07) is 12.8. The summed E-state index contributed by atoms with van der Waals surface area (Å²) in [6.45, 7) is 5.03. The van der Waals surface area contributed by atoms with Crippen LogP contribution < -0.4 is 10.3 Å². The van der Waals surface area contributed by atoms with Crippen LogP contribution in [0.2, 0.25) is 0 Å². The standard InChI is InChI=1S/C23H23F3N2O3/c1-14-9-10-15(2)21(16(14)3)31-13-18(29)12-28-22(30)19(23(24,25)26)11-20(27-28)17-7-5-4-6-8-17/h4-11,18,29H,12-13H2,1-3H3/t18-/m1/s1. The van der Waals surface area contributed by atoms with Gasteiger partial charge in [0.05, 0.1) is 12.2 Å². The maximum absolute atomic E-state index is 13.4. The molecule has 0 radical (unpaired) electrons. The molecule has 0 aliphatic carbocycles. The van der Waals surface area contributed by atoms with Crippen molar-refractivity contribution in [3.63, 3.8) is 0 Å². The lowest BCUT2D eigenvalue weighted by Gasteiger charge is -2.18. The fraction of sp³-hybridized carbons (Fsp3) is 0.304. The van der Waals surface area contributed by atoms with Gasteiger partial charge in [-0.25, -0.2) is 4.68 Å². The highest BCUT2D eigenvalue weighted by molar-refractivity contribution is 5.59. The predicted molar refractivity (Wildman–Crippen MR) is 111 cm³/mol. The molecular weight excluding hydrogens is 409 g/mol. The van der Waals surface area contributed by atoms with Gasteiger partial charge < -0.3 is 9.84 Å². The molecule has 5 nitrogen and oxygen atoms in total. The third-order valence-electron chi connectivity index (χ3n) is 5.03. The maximum atomic E-state index is 13.4. The zero-order valence-corrected chi connectivity index (χ0v) is 17.4. The van der Waals surface area contributed by atoms with Crippen LogP contribution >= 0.6 is 0 Å². The SMILES string of the molecule is Cc1ccc(C)c(OC[C@H](O)Cn2nc(-c3ccccc3)cc(C(F)(F)F)c2=O)c1C. The molecule has 3 rings (SSSR count). The third-order valence-corrected chi connectivity index (χ3v) is 5.03. The second kappa shape index (κ2) is 8.93. The Kier molecular flexibility index (Phi) is 6.50. The Bertz CT molecular complexity index is 1130. The predicted octanol–water partition coefficient (Wildman–Crippen LogP) is 4.29. The number of hydrogen-bond acceptors (Lipinski definition) is 4. The number of halogens is 3. The lowest BCUT2D eigenvalue weighted by molar-refractivity contribution is -0.139. The van der Waals surface area contributed by atoms with E-state index in [4.69, 9.17) is 4.74 Å². The van der Waals surface area contributed by atoms with Crippen molar-refractivity contribution < 1.29 is 23.0 Å². The number of alkyl halides is 3. The highest BCUT2D eigenvalue weighted by Gasteiger charge is 2.35. The summed E-state index contributed by atoms with van der Waals surface area (Å²) in [4.78, 5) is 12.4. The van der Waals surface area contributed by atoms with Crippen molar-refractivity contribution in [3.8, 4) is 17.0 Å². The molecule has 1 N–H and O–H groups in total. The Morgan fingerprint density at radius 2 is 1.71 bits per heavy atom. The summed E-state index contributed by atoms with van der Waals surface area (Å²) >= 11 is 0. The van der Waals surface area contributed by atoms with Gasteiger partial charge in [-0.3, -0.25) is 4.79 Å². The number of aliphatic hydroxyl groups excluding tert-OH is 1. The lowest BCUT2D eigenvalue weighted by Crippen LogP contribution is -2.36. The van der Waals surface area contributed by atoms with E-state index in [1.54, 1.807) is 30.3 Å². The van der Waals surface area contributed by atoms with E-state index in [2.05, 4.69) is 5.10 Å². The van der Waals surface area contributed by atoms with E-state index in [0.29, 0.717) is 16.0 Å². The number of nitrogens with zero attached hydrogens (tertiary/aromatic N) is 2. The van der Waals surface area contributed by atoms with Gasteiger partial charge in [0, 0.05) is 5.56 Å². The first-order chi connectivity index (χ1) is 14.6. The van der Waals surface area contributed by atoms with Gasteiger partial charge in [0.15, 0.2) is 0 Å².